The van der Waals surface area contributed by atoms with E-state index in [1.807, 2.05) is 0 Å². The van der Waals surface area contributed by atoms with Gasteiger partial charge in [-0.3, -0.25) is 0 Å². The molecule has 6 heavy (non-hydrogen) atoms. The molecule has 0 unspecified atom stereocenters. The van der Waals surface area contributed by atoms with Gasteiger partial charge < -0.3 is 16.4 Å². The highest BCUT2D eigenvalue weighted by Crippen LogP contribution is 1.76. The first kappa shape index (κ1) is 3.33. The second-order valence-corrected chi connectivity index (χ2v) is 1.16. The fraction of sp³-hybridized carbons (Fsp3) is 0.333. The molecule has 3 nitrogen and oxygen atoms in total. The lowest BCUT2D eigenvalue weighted by atomic mass is 10.8. The maximum Gasteiger partial charge on any atom is 0.114 e. The number of hydrogen-bond acceptors (Lipinski definition) is 3. The van der Waals surface area contributed by atoms with Gasteiger partial charge in [0.2, 0.25) is 0 Å². The zero-order valence-electron chi connectivity index (χ0n) is 3.36. The zero-order valence-corrected chi connectivity index (χ0v) is 3.36. The van der Waals surface area contributed by atoms with Gasteiger partial charge in [0.25, 0.3) is 0 Å². The Labute approximate surface area is 36.2 Å². The first-order chi connectivity index (χ1) is 2.89. The molecule has 0 radical (unpaired) electrons. The van der Waals surface area contributed by atoms with Gasteiger partial charge in [-0.25, -0.2) is 0 Å². The van der Waals surface area contributed by atoms with E-state index >= 15 is 0 Å². The molecule has 0 saturated carbocycles. The summed E-state index contributed by atoms with van der Waals surface area (Å²) in [5.74, 6) is 0.718. The SMILES string of the molecule is NC1=CNCN1. The van der Waals surface area contributed by atoms with Crippen LogP contribution in [0.3, 0.4) is 0 Å². The van der Waals surface area contributed by atoms with Crippen LogP contribution in [-0.4, -0.2) is 6.67 Å². The van der Waals surface area contributed by atoms with Gasteiger partial charge in [0.15, 0.2) is 0 Å². The van der Waals surface area contributed by atoms with Crippen molar-refractivity contribution >= 4 is 0 Å². The van der Waals surface area contributed by atoms with Crippen molar-refractivity contribution in [2.45, 2.75) is 0 Å². The Morgan fingerprint density at radius 1 is 1.83 bits per heavy atom. The standard InChI is InChI=1S/C3H7N3/c4-3-1-5-2-6-3/h1,5-6H,2,4H2. The smallest absolute Gasteiger partial charge is 0.114 e. The van der Waals surface area contributed by atoms with Gasteiger partial charge in [-0.15, -0.1) is 0 Å². The molecule has 1 rings (SSSR count). The summed E-state index contributed by atoms with van der Waals surface area (Å²) in [5.41, 5.74) is 5.22. The summed E-state index contributed by atoms with van der Waals surface area (Å²) in [6.45, 7) is 0.770. The van der Waals surface area contributed by atoms with Crippen molar-refractivity contribution < 1.29 is 0 Å². The first-order valence-electron chi connectivity index (χ1n) is 1.82. The molecular weight excluding hydrogens is 78.1 g/mol. The van der Waals surface area contributed by atoms with Gasteiger partial charge in [-0.05, 0) is 0 Å². The van der Waals surface area contributed by atoms with E-state index in [4.69, 9.17) is 5.73 Å². The predicted molar refractivity (Wildman–Crippen MR) is 23.4 cm³/mol. The Morgan fingerprint density at radius 2 is 2.67 bits per heavy atom. The monoisotopic (exact) mass is 85.1 g/mol. The van der Waals surface area contributed by atoms with Crippen molar-refractivity contribution in [3.63, 3.8) is 0 Å². The van der Waals surface area contributed by atoms with E-state index < -0.39 is 0 Å². The number of nitrogens with two attached hydrogens (primary N) is 1. The lowest BCUT2D eigenvalue weighted by Gasteiger charge is -1.88. The molecule has 0 fully saturated rings. The van der Waals surface area contributed by atoms with E-state index in [1.165, 1.54) is 0 Å². The molecule has 0 spiro atoms. The van der Waals surface area contributed by atoms with Crippen LogP contribution in [0.25, 0.3) is 0 Å². The minimum absolute atomic E-state index is 0.718. The predicted octanol–water partition coefficient (Wildman–Crippen LogP) is -1.11. The molecule has 1 heterocycles. The molecule has 0 aromatic rings. The normalized spacial score (nSPS) is 18.3. The van der Waals surface area contributed by atoms with Crippen molar-refractivity contribution in [3.8, 4) is 0 Å². The zero-order chi connectivity index (χ0) is 4.41. The van der Waals surface area contributed by atoms with Crippen LogP contribution in [0.15, 0.2) is 12.0 Å². The molecule has 0 bridgehead atoms. The summed E-state index contributed by atoms with van der Waals surface area (Å²) < 4.78 is 0. The van der Waals surface area contributed by atoms with Gasteiger partial charge in [-0.1, -0.05) is 0 Å². The molecule has 0 aromatic heterocycles. The molecule has 0 saturated heterocycles. The third-order valence-electron chi connectivity index (χ3n) is 0.652. The molecule has 4 N–H and O–H groups in total. The Kier molecular flexibility index (Phi) is 0.602. The molecule has 3 heteroatoms. The van der Waals surface area contributed by atoms with Crippen molar-refractivity contribution in [1.29, 1.82) is 0 Å². The van der Waals surface area contributed by atoms with Gasteiger partial charge in [-0.2, -0.15) is 0 Å². The van der Waals surface area contributed by atoms with Crippen LogP contribution in [0.1, 0.15) is 0 Å². The highest BCUT2D eigenvalue weighted by atomic mass is 15.2. The maximum atomic E-state index is 5.22. The van der Waals surface area contributed by atoms with Crippen molar-refractivity contribution in [1.82, 2.24) is 10.6 Å². The van der Waals surface area contributed by atoms with Crippen molar-refractivity contribution in [2.24, 2.45) is 5.73 Å². The number of rotatable bonds is 0. The number of nitrogens with one attached hydrogen (secondary N) is 2. The van der Waals surface area contributed by atoms with E-state index in [1.54, 1.807) is 6.20 Å². The summed E-state index contributed by atoms with van der Waals surface area (Å²) in [6, 6.07) is 0. The third kappa shape index (κ3) is 0.381. The van der Waals surface area contributed by atoms with E-state index in [0.29, 0.717) is 0 Å². The Hall–Kier alpha value is -0.860. The lowest BCUT2D eigenvalue weighted by molar-refractivity contribution is 0.807. The van der Waals surface area contributed by atoms with Crippen LogP contribution < -0.4 is 16.4 Å². The van der Waals surface area contributed by atoms with Gasteiger partial charge in [0, 0.05) is 6.20 Å². The van der Waals surface area contributed by atoms with Crippen molar-refractivity contribution in [3.05, 3.63) is 12.0 Å². The highest BCUT2D eigenvalue weighted by Gasteiger charge is 1.90. The summed E-state index contributed by atoms with van der Waals surface area (Å²) in [7, 11) is 0. The minimum atomic E-state index is 0.718. The Morgan fingerprint density at radius 3 is 2.83 bits per heavy atom. The molecule has 1 aliphatic rings. The van der Waals surface area contributed by atoms with Crippen LogP contribution >= 0.6 is 0 Å². The molecule has 0 aromatic carbocycles. The summed E-state index contributed by atoms with van der Waals surface area (Å²) in [5, 5.41) is 5.72. The summed E-state index contributed by atoms with van der Waals surface area (Å²) in [6.07, 6.45) is 1.74. The van der Waals surface area contributed by atoms with Crippen LogP contribution in [0, 0.1) is 0 Å². The van der Waals surface area contributed by atoms with Crippen molar-refractivity contribution in [2.75, 3.05) is 6.67 Å². The molecule has 34 valence electrons. The average Bonchev–Trinajstić information content (AvgIpc) is 1.86. The molecule has 0 aliphatic carbocycles. The highest BCUT2D eigenvalue weighted by molar-refractivity contribution is 4.96. The number of hydrogen-bond donors (Lipinski definition) is 3. The topological polar surface area (TPSA) is 50.1 Å². The van der Waals surface area contributed by atoms with E-state index in [9.17, 15) is 0 Å². The Bertz CT molecular complexity index is 76.1. The van der Waals surface area contributed by atoms with Gasteiger partial charge >= 0.3 is 0 Å². The van der Waals surface area contributed by atoms with Crippen LogP contribution in [0.4, 0.5) is 0 Å². The summed E-state index contributed by atoms with van der Waals surface area (Å²) in [4.78, 5) is 0. The quantitative estimate of drug-likeness (QED) is 0.350. The first-order valence-corrected chi connectivity index (χ1v) is 1.82. The van der Waals surface area contributed by atoms with Gasteiger partial charge in [0.05, 0.1) is 6.67 Å². The van der Waals surface area contributed by atoms with Gasteiger partial charge in [0.1, 0.15) is 5.82 Å². The third-order valence-corrected chi connectivity index (χ3v) is 0.652. The summed E-state index contributed by atoms with van der Waals surface area (Å²) >= 11 is 0. The molecule has 0 atom stereocenters. The fourth-order valence-electron chi connectivity index (χ4n) is 0.365. The Balaban J connectivity index is 2.45. The minimum Gasteiger partial charge on any atom is -0.384 e. The molecule has 0 amide bonds. The fourth-order valence-corrected chi connectivity index (χ4v) is 0.365. The van der Waals surface area contributed by atoms with E-state index in [0.717, 1.165) is 12.5 Å². The van der Waals surface area contributed by atoms with E-state index in [-0.39, 0.29) is 0 Å². The van der Waals surface area contributed by atoms with Crippen LogP contribution in [0.2, 0.25) is 0 Å². The molecule has 1 aliphatic heterocycles. The largest absolute Gasteiger partial charge is 0.384 e. The van der Waals surface area contributed by atoms with Crippen LogP contribution in [-0.2, 0) is 0 Å². The van der Waals surface area contributed by atoms with Crippen LogP contribution in [0.5, 0.6) is 0 Å². The van der Waals surface area contributed by atoms with E-state index in [2.05, 4.69) is 10.6 Å². The maximum absolute atomic E-state index is 5.22. The average molecular weight is 85.1 g/mol. The second-order valence-electron chi connectivity index (χ2n) is 1.16. The molecular formula is C3H7N3. The second kappa shape index (κ2) is 1.08. The lowest BCUT2D eigenvalue weighted by Crippen LogP contribution is -2.17.